The normalized spacial score (nSPS) is 10.6. The Bertz CT molecular complexity index is 189. The molecule has 2 nitrogen and oxygen atoms in total. The summed E-state index contributed by atoms with van der Waals surface area (Å²) >= 11 is 0. The highest BCUT2D eigenvalue weighted by atomic mass is 31.1. The van der Waals surface area contributed by atoms with E-state index in [1.165, 1.54) is 0 Å². The van der Waals surface area contributed by atoms with Gasteiger partial charge in [-0.05, 0) is 12.1 Å². The molecule has 60 valence electrons. The summed E-state index contributed by atoms with van der Waals surface area (Å²) in [5.74, 6) is 0.866. The summed E-state index contributed by atoms with van der Waals surface area (Å²) in [6.45, 7) is 0.596. The van der Waals surface area contributed by atoms with Crippen LogP contribution in [0.5, 0.6) is 5.75 Å². The molecular weight excluding hydrogens is 159 g/mol. The van der Waals surface area contributed by atoms with Crippen molar-refractivity contribution in [3.05, 3.63) is 30.3 Å². The smallest absolute Gasteiger partial charge is 0.119 e. The maximum Gasteiger partial charge on any atom is 0.119 e. The van der Waals surface area contributed by atoms with Crippen molar-refractivity contribution in [2.45, 2.75) is 0 Å². The van der Waals surface area contributed by atoms with Gasteiger partial charge in [0, 0.05) is 15.0 Å². The van der Waals surface area contributed by atoms with Crippen LogP contribution < -0.4 is 4.74 Å². The van der Waals surface area contributed by atoms with Gasteiger partial charge in [-0.2, -0.15) is 0 Å². The number of hydrogen-bond acceptors (Lipinski definition) is 2. The lowest BCUT2D eigenvalue weighted by molar-refractivity contribution is 0.341. The zero-order valence-electron chi connectivity index (χ0n) is 6.16. The monoisotopic (exact) mass is 170 g/mol. The molecule has 3 heteroatoms. The molecule has 0 saturated carbocycles. The third-order valence-corrected chi connectivity index (χ3v) is 1.65. The van der Waals surface area contributed by atoms with E-state index >= 15 is 0 Å². The first kappa shape index (κ1) is 8.51. The predicted octanol–water partition coefficient (Wildman–Crippen LogP) is 1.65. The fourth-order valence-corrected chi connectivity index (χ4v) is 0.925. The molecule has 0 amide bonds. The lowest BCUT2D eigenvalue weighted by Crippen LogP contribution is -1.98. The minimum Gasteiger partial charge on any atom is -0.493 e. The van der Waals surface area contributed by atoms with Gasteiger partial charge in [-0.1, -0.05) is 18.2 Å². The average molecular weight is 170 g/mol. The van der Waals surface area contributed by atoms with Crippen molar-refractivity contribution < 1.29 is 9.63 Å². The summed E-state index contributed by atoms with van der Waals surface area (Å²) in [5.41, 5.74) is 0. The minimum atomic E-state index is -0.0155. The molecule has 11 heavy (non-hydrogen) atoms. The Balaban J connectivity index is 2.28. The van der Waals surface area contributed by atoms with Crippen molar-refractivity contribution in [1.82, 2.24) is 0 Å². The molecule has 0 bridgehead atoms. The molecule has 0 fully saturated rings. The highest BCUT2D eigenvalue weighted by Gasteiger charge is 1.88. The van der Waals surface area contributed by atoms with E-state index in [4.69, 9.17) is 9.63 Å². The van der Waals surface area contributed by atoms with E-state index in [0.29, 0.717) is 6.61 Å². The topological polar surface area (TPSA) is 29.5 Å². The SMILES string of the molecule is OPCCOc1ccccc1. The number of ether oxygens (including phenoxy) is 1. The molecule has 1 aromatic carbocycles. The molecule has 0 radical (unpaired) electrons. The summed E-state index contributed by atoms with van der Waals surface area (Å²) in [4.78, 5) is 8.49. The number of para-hydroxylation sites is 1. The lowest BCUT2D eigenvalue weighted by atomic mass is 10.3. The van der Waals surface area contributed by atoms with Crippen LogP contribution in [-0.4, -0.2) is 17.7 Å². The van der Waals surface area contributed by atoms with E-state index in [1.54, 1.807) is 0 Å². The van der Waals surface area contributed by atoms with E-state index in [-0.39, 0.29) is 8.81 Å². The maximum atomic E-state index is 8.49. The standard InChI is InChI=1S/C8H11O2P/c9-11-7-6-10-8-4-2-1-3-5-8/h1-5,9,11H,6-7H2. The molecule has 1 N–H and O–H groups in total. The molecule has 1 atom stereocenters. The van der Waals surface area contributed by atoms with Gasteiger partial charge in [-0.15, -0.1) is 0 Å². The molecule has 0 aliphatic rings. The predicted molar refractivity (Wildman–Crippen MR) is 47.3 cm³/mol. The van der Waals surface area contributed by atoms with E-state index in [1.807, 2.05) is 30.3 Å². The Morgan fingerprint density at radius 3 is 2.64 bits per heavy atom. The van der Waals surface area contributed by atoms with E-state index < -0.39 is 0 Å². The summed E-state index contributed by atoms with van der Waals surface area (Å²) in [7, 11) is -0.0155. The van der Waals surface area contributed by atoms with Gasteiger partial charge in [0.25, 0.3) is 0 Å². The molecule has 1 aromatic rings. The van der Waals surface area contributed by atoms with E-state index in [2.05, 4.69) is 0 Å². The molecule has 1 unspecified atom stereocenters. The number of benzene rings is 1. The van der Waals surface area contributed by atoms with Crippen LogP contribution in [0.25, 0.3) is 0 Å². The molecule has 0 spiro atoms. The van der Waals surface area contributed by atoms with Crippen LogP contribution in [0.3, 0.4) is 0 Å². The van der Waals surface area contributed by atoms with Crippen molar-refractivity contribution in [2.75, 3.05) is 12.8 Å². The fourth-order valence-electron chi connectivity index (χ4n) is 0.731. The highest BCUT2D eigenvalue weighted by molar-refractivity contribution is 7.31. The maximum absolute atomic E-state index is 8.49. The summed E-state index contributed by atoms with van der Waals surface area (Å²) in [5, 5.41) is 0. The third-order valence-electron chi connectivity index (χ3n) is 1.23. The van der Waals surface area contributed by atoms with Crippen LogP contribution in [0.1, 0.15) is 0 Å². The van der Waals surface area contributed by atoms with Crippen molar-refractivity contribution in [2.24, 2.45) is 0 Å². The first-order valence-electron chi connectivity index (χ1n) is 3.48. The van der Waals surface area contributed by atoms with Gasteiger partial charge in [0.1, 0.15) is 5.75 Å². The lowest BCUT2D eigenvalue weighted by Gasteiger charge is -2.02. The Morgan fingerprint density at radius 1 is 1.27 bits per heavy atom. The van der Waals surface area contributed by atoms with E-state index in [9.17, 15) is 0 Å². The zero-order valence-corrected chi connectivity index (χ0v) is 7.16. The van der Waals surface area contributed by atoms with Gasteiger partial charge in [-0.25, -0.2) is 0 Å². The highest BCUT2D eigenvalue weighted by Crippen LogP contribution is 2.09. The Kier molecular flexibility index (Phi) is 3.95. The average Bonchev–Trinajstić information content (AvgIpc) is 2.07. The second-order valence-electron chi connectivity index (χ2n) is 2.07. The molecule has 1 rings (SSSR count). The summed E-state index contributed by atoms with van der Waals surface area (Å²) < 4.78 is 5.29. The van der Waals surface area contributed by atoms with Gasteiger partial charge in [0.2, 0.25) is 0 Å². The summed E-state index contributed by atoms with van der Waals surface area (Å²) in [6.07, 6.45) is 0.717. The van der Waals surface area contributed by atoms with Gasteiger partial charge in [0.15, 0.2) is 0 Å². The second kappa shape index (κ2) is 5.11. The zero-order chi connectivity index (χ0) is 7.94. The minimum absolute atomic E-state index is 0.0155. The van der Waals surface area contributed by atoms with Crippen molar-refractivity contribution in [1.29, 1.82) is 0 Å². The third kappa shape index (κ3) is 3.35. The molecule has 0 aromatic heterocycles. The van der Waals surface area contributed by atoms with Crippen LogP contribution in [-0.2, 0) is 0 Å². The van der Waals surface area contributed by atoms with Crippen LogP contribution in [0.2, 0.25) is 0 Å². The summed E-state index contributed by atoms with van der Waals surface area (Å²) in [6, 6.07) is 9.61. The van der Waals surface area contributed by atoms with Gasteiger partial charge < -0.3 is 9.63 Å². The Morgan fingerprint density at radius 2 is 2.00 bits per heavy atom. The first-order chi connectivity index (χ1) is 5.43. The second-order valence-corrected chi connectivity index (χ2v) is 2.89. The van der Waals surface area contributed by atoms with Crippen molar-refractivity contribution in [3.63, 3.8) is 0 Å². The number of rotatable bonds is 4. The first-order valence-corrected chi connectivity index (χ1v) is 4.63. The number of hydrogen-bond donors (Lipinski definition) is 1. The van der Waals surface area contributed by atoms with Crippen molar-refractivity contribution >= 4 is 8.81 Å². The van der Waals surface area contributed by atoms with E-state index in [0.717, 1.165) is 11.9 Å². The van der Waals surface area contributed by atoms with Crippen LogP contribution in [0.4, 0.5) is 0 Å². The van der Waals surface area contributed by atoms with Crippen LogP contribution in [0.15, 0.2) is 30.3 Å². The van der Waals surface area contributed by atoms with Gasteiger partial charge in [-0.3, -0.25) is 0 Å². The molecule has 0 aliphatic heterocycles. The molecule has 0 aliphatic carbocycles. The molecular formula is C8H11O2P. The largest absolute Gasteiger partial charge is 0.493 e. The van der Waals surface area contributed by atoms with Gasteiger partial charge >= 0.3 is 0 Å². The van der Waals surface area contributed by atoms with Crippen molar-refractivity contribution in [3.8, 4) is 5.75 Å². The fraction of sp³-hybridized carbons (Fsp3) is 0.250. The van der Waals surface area contributed by atoms with Gasteiger partial charge in [0.05, 0.1) is 6.61 Å². The Hall–Kier alpha value is -0.590. The van der Waals surface area contributed by atoms with Crippen LogP contribution >= 0.6 is 8.81 Å². The quantitative estimate of drug-likeness (QED) is 0.550. The van der Waals surface area contributed by atoms with Crippen LogP contribution in [0, 0.1) is 0 Å². The molecule has 0 heterocycles. The molecule has 0 saturated heterocycles. The Labute approximate surface area is 68.1 Å².